The molecule has 2 aromatic heterocycles. The van der Waals surface area contributed by atoms with Gasteiger partial charge in [-0.3, -0.25) is 4.79 Å². The maximum absolute atomic E-state index is 12.2. The second-order valence-electron chi connectivity index (χ2n) is 5.16. The number of aromatic nitrogens is 3. The minimum atomic E-state index is -0.433. The van der Waals surface area contributed by atoms with Crippen LogP contribution in [0, 0.1) is 6.92 Å². The van der Waals surface area contributed by atoms with Gasteiger partial charge in [0.1, 0.15) is 5.82 Å². The molecule has 0 saturated heterocycles. The molecule has 0 atom stereocenters. The van der Waals surface area contributed by atoms with E-state index in [0.717, 1.165) is 5.56 Å². The predicted octanol–water partition coefficient (Wildman–Crippen LogP) is 2.74. The fourth-order valence-corrected chi connectivity index (χ4v) is 2.32. The zero-order chi connectivity index (χ0) is 17.1. The molecule has 0 aliphatic heterocycles. The highest BCUT2D eigenvalue weighted by Gasteiger charge is 2.16. The summed E-state index contributed by atoms with van der Waals surface area (Å²) in [7, 11) is 0. The maximum atomic E-state index is 12.2. The molecule has 0 saturated carbocycles. The van der Waals surface area contributed by atoms with E-state index in [-0.39, 0.29) is 18.9 Å². The topological polar surface area (TPSA) is 93.2 Å². The van der Waals surface area contributed by atoms with Gasteiger partial charge < -0.3 is 14.9 Å². The fraction of sp³-hybridized carbons (Fsp3) is 0.188. The molecule has 1 amide bonds. The van der Waals surface area contributed by atoms with E-state index in [4.69, 9.17) is 16.1 Å². The summed E-state index contributed by atoms with van der Waals surface area (Å²) in [4.78, 5) is 12.2. The van der Waals surface area contributed by atoms with Gasteiger partial charge in [0, 0.05) is 22.7 Å². The maximum Gasteiger partial charge on any atom is 0.295 e. The summed E-state index contributed by atoms with van der Waals surface area (Å²) in [5, 5.41) is 20.6. The van der Waals surface area contributed by atoms with Crippen LogP contribution in [0.25, 0.3) is 11.3 Å². The van der Waals surface area contributed by atoms with Crippen molar-refractivity contribution < 1.29 is 14.4 Å². The van der Waals surface area contributed by atoms with Crippen molar-refractivity contribution in [3.63, 3.8) is 0 Å². The third-order valence-electron chi connectivity index (χ3n) is 3.33. The van der Waals surface area contributed by atoms with Gasteiger partial charge in [-0.2, -0.15) is 5.10 Å². The first-order chi connectivity index (χ1) is 11.6. The lowest BCUT2D eigenvalue weighted by atomic mass is 10.1. The van der Waals surface area contributed by atoms with Crippen LogP contribution in [0.15, 0.2) is 40.9 Å². The third-order valence-corrected chi connectivity index (χ3v) is 3.58. The highest BCUT2D eigenvalue weighted by atomic mass is 35.5. The second kappa shape index (κ2) is 6.86. The first-order valence-electron chi connectivity index (χ1n) is 7.26. The summed E-state index contributed by atoms with van der Waals surface area (Å²) < 4.78 is 6.47. The predicted molar refractivity (Wildman–Crippen MR) is 89.0 cm³/mol. The van der Waals surface area contributed by atoms with E-state index in [1.807, 2.05) is 12.1 Å². The van der Waals surface area contributed by atoms with Crippen molar-refractivity contribution in [3.05, 3.63) is 52.9 Å². The van der Waals surface area contributed by atoms with Gasteiger partial charge >= 0.3 is 0 Å². The molecule has 0 fully saturated rings. The number of benzene rings is 1. The summed E-state index contributed by atoms with van der Waals surface area (Å²) in [6.07, 6.45) is 0. The normalized spacial score (nSPS) is 10.8. The number of carbonyl (C=O) groups excluding carboxylic acids is 1. The summed E-state index contributed by atoms with van der Waals surface area (Å²) in [6, 6.07) is 10.5. The molecular formula is C16H15ClN4O3. The number of nitrogens with zero attached hydrogens (tertiary/aromatic N) is 3. The number of aliphatic hydroxyl groups is 1. The molecule has 2 N–H and O–H groups in total. The molecule has 0 aliphatic rings. The van der Waals surface area contributed by atoms with Crippen LogP contribution in [0.3, 0.4) is 0 Å². The van der Waals surface area contributed by atoms with E-state index < -0.39 is 5.91 Å². The quantitative estimate of drug-likeness (QED) is 0.741. The molecular weight excluding hydrogens is 332 g/mol. The van der Waals surface area contributed by atoms with E-state index in [2.05, 4.69) is 15.6 Å². The largest absolute Gasteiger partial charge is 0.394 e. The van der Waals surface area contributed by atoms with Crippen molar-refractivity contribution in [1.29, 1.82) is 0 Å². The van der Waals surface area contributed by atoms with Gasteiger partial charge in [-0.05, 0) is 19.1 Å². The average Bonchev–Trinajstić information content (AvgIpc) is 3.16. The zero-order valence-electron chi connectivity index (χ0n) is 12.9. The lowest BCUT2D eigenvalue weighted by Crippen LogP contribution is -2.16. The molecule has 3 rings (SSSR count). The van der Waals surface area contributed by atoms with E-state index >= 15 is 0 Å². The number of nitrogens with one attached hydrogen (secondary N) is 1. The summed E-state index contributed by atoms with van der Waals surface area (Å²) in [6.45, 7) is 1.87. The van der Waals surface area contributed by atoms with Crippen LogP contribution in [0.2, 0.25) is 5.02 Å². The summed E-state index contributed by atoms with van der Waals surface area (Å²) >= 11 is 5.89. The number of carbonyl (C=O) groups is 1. The standard InChI is InChI=1S/C16H15ClN4O3/c1-10-8-14(24-20-10)16(23)18-15-9-13(19-21(15)6-7-22)11-2-4-12(17)5-3-11/h2-5,8-9,22H,6-7H2,1H3,(H,18,23). The number of anilines is 1. The van der Waals surface area contributed by atoms with Crippen LogP contribution in [-0.2, 0) is 6.54 Å². The van der Waals surface area contributed by atoms with Crippen LogP contribution in [-0.4, -0.2) is 32.6 Å². The van der Waals surface area contributed by atoms with E-state index in [9.17, 15) is 9.90 Å². The molecule has 0 spiro atoms. The highest BCUT2D eigenvalue weighted by Crippen LogP contribution is 2.24. The van der Waals surface area contributed by atoms with Crippen LogP contribution in [0.1, 0.15) is 16.2 Å². The Bertz CT molecular complexity index is 855. The van der Waals surface area contributed by atoms with Crippen LogP contribution in [0.4, 0.5) is 5.82 Å². The number of rotatable bonds is 5. The minimum Gasteiger partial charge on any atom is -0.394 e. The van der Waals surface area contributed by atoms with E-state index in [0.29, 0.717) is 22.2 Å². The Balaban J connectivity index is 1.88. The SMILES string of the molecule is Cc1cc(C(=O)Nc2cc(-c3ccc(Cl)cc3)nn2CCO)on1. The van der Waals surface area contributed by atoms with Crippen molar-refractivity contribution in [3.8, 4) is 11.3 Å². The fourth-order valence-electron chi connectivity index (χ4n) is 2.19. The number of hydrogen-bond donors (Lipinski definition) is 2. The highest BCUT2D eigenvalue weighted by molar-refractivity contribution is 6.30. The molecule has 124 valence electrons. The van der Waals surface area contributed by atoms with Crippen molar-refractivity contribution in [2.24, 2.45) is 0 Å². The van der Waals surface area contributed by atoms with Crippen LogP contribution in [0.5, 0.6) is 0 Å². The Morgan fingerprint density at radius 3 is 2.71 bits per heavy atom. The smallest absolute Gasteiger partial charge is 0.295 e. The molecule has 0 aliphatic carbocycles. The lowest BCUT2D eigenvalue weighted by molar-refractivity contribution is 0.0986. The monoisotopic (exact) mass is 346 g/mol. The number of halogens is 1. The number of amides is 1. The molecule has 24 heavy (non-hydrogen) atoms. The summed E-state index contributed by atoms with van der Waals surface area (Å²) in [5.74, 6) is 0.127. The van der Waals surface area contributed by atoms with Crippen molar-refractivity contribution >= 4 is 23.3 Å². The zero-order valence-corrected chi connectivity index (χ0v) is 13.6. The Morgan fingerprint density at radius 1 is 1.33 bits per heavy atom. The average molecular weight is 347 g/mol. The Morgan fingerprint density at radius 2 is 2.08 bits per heavy atom. The Kier molecular flexibility index (Phi) is 4.64. The van der Waals surface area contributed by atoms with Gasteiger partial charge in [-0.15, -0.1) is 0 Å². The molecule has 8 heteroatoms. The second-order valence-corrected chi connectivity index (χ2v) is 5.59. The van der Waals surface area contributed by atoms with Gasteiger partial charge in [-0.25, -0.2) is 4.68 Å². The van der Waals surface area contributed by atoms with Gasteiger partial charge in [-0.1, -0.05) is 28.9 Å². The van der Waals surface area contributed by atoms with Crippen LogP contribution >= 0.6 is 11.6 Å². The van der Waals surface area contributed by atoms with Gasteiger partial charge in [0.25, 0.3) is 5.91 Å². The van der Waals surface area contributed by atoms with E-state index in [1.54, 1.807) is 31.2 Å². The van der Waals surface area contributed by atoms with Gasteiger partial charge in [0.15, 0.2) is 0 Å². The Labute approximate surface area is 142 Å². The van der Waals surface area contributed by atoms with Crippen molar-refractivity contribution in [2.45, 2.75) is 13.5 Å². The summed E-state index contributed by atoms with van der Waals surface area (Å²) in [5.41, 5.74) is 2.12. The molecule has 1 aromatic carbocycles. The van der Waals surface area contributed by atoms with E-state index in [1.165, 1.54) is 4.68 Å². The molecule has 0 unspecified atom stereocenters. The third kappa shape index (κ3) is 3.47. The molecule has 0 radical (unpaired) electrons. The molecule has 2 heterocycles. The number of aliphatic hydroxyl groups excluding tert-OH is 1. The van der Waals surface area contributed by atoms with Gasteiger partial charge in [0.05, 0.1) is 24.5 Å². The minimum absolute atomic E-state index is 0.105. The molecule has 7 nitrogen and oxygen atoms in total. The van der Waals surface area contributed by atoms with Crippen molar-refractivity contribution in [1.82, 2.24) is 14.9 Å². The first kappa shape index (κ1) is 16.2. The molecule has 0 bridgehead atoms. The Hall–Kier alpha value is -2.64. The van der Waals surface area contributed by atoms with Crippen LogP contribution < -0.4 is 5.32 Å². The molecule has 3 aromatic rings. The van der Waals surface area contributed by atoms with Gasteiger partial charge in [0.2, 0.25) is 5.76 Å². The van der Waals surface area contributed by atoms with Crippen molar-refractivity contribution in [2.75, 3.05) is 11.9 Å². The number of hydrogen-bond acceptors (Lipinski definition) is 5. The number of aryl methyl sites for hydroxylation is 1. The lowest BCUT2D eigenvalue weighted by Gasteiger charge is -2.05. The first-order valence-corrected chi connectivity index (χ1v) is 7.64.